The highest BCUT2D eigenvalue weighted by Gasteiger charge is 2.26. The molecule has 3 nitrogen and oxygen atoms in total. The van der Waals surface area contributed by atoms with Crippen molar-refractivity contribution >= 4 is 0 Å². The van der Waals surface area contributed by atoms with Crippen molar-refractivity contribution in [3.63, 3.8) is 0 Å². The van der Waals surface area contributed by atoms with E-state index in [1.807, 2.05) is 7.05 Å². The summed E-state index contributed by atoms with van der Waals surface area (Å²) in [5, 5.41) is 9.57. The standard InChI is InChI=1S/C8H19N2O/c1-3-4-9-5-7-10(2,11)8-6-9/h11H,3-8H2,1-2H3/q+1. The lowest BCUT2D eigenvalue weighted by atomic mass is 10.3. The molecule has 1 heterocycles. The van der Waals surface area contributed by atoms with Crippen LogP contribution in [-0.2, 0) is 0 Å². The summed E-state index contributed by atoms with van der Waals surface area (Å²) in [4.78, 5) is 2.41. The average Bonchev–Trinajstić information content (AvgIpc) is 1.94. The molecule has 1 N–H and O–H groups in total. The maximum Gasteiger partial charge on any atom is 0.121 e. The van der Waals surface area contributed by atoms with Gasteiger partial charge in [-0.25, -0.2) is 5.21 Å². The molecule has 0 bridgehead atoms. The summed E-state index contributed by atoms with van der Waals surface area (Å²) in [6.07, 6.45) is 1.22. The minimum atomic E-state index is 0.209. The maximum atomic E-state index is 9.57. The van der Waals surface area contributed by atoms with Crippen molar-refractivity contribution in [1.82, 2.24) is 4.90 Å². The lowest BCUT2D eigenvalue weighted by Crippen LogP contribution is -2.55. The summed E-state index contributed by atoms with van der Waals surface area (Å²) >= 11 is 0. The quantitative estimate of drug-likeness (QED) is 0.595. The summed E-state index contributed by atoms with van der Waals surface area (Å²) in [7, 11) is 1.88. The Balaban J connectivity index is 2.25. The monoisotopic (exact) mass is 159 g/mol. The summed E-state index contributed by atoms with van der Waals surface area (Å²) in [6, 6.07) is 0. The largest absolute Gasteiger partial charge is 0.292 e. The van der Waals surface area contributed by atoms with Gasteiger partial charge in [0.25, 0.3) is 0 Å². The van der Waals surface area contributed by atoms with Crippen LogP contribution in [0.5, 0.6) is 0 Å². The van der Waals surface area contributed by atoms with Crippen LogP contribution in [0.2, 0.25) is 0 Å². The van der Waals surface area contributed by atoms with Crippen LogP contribution in [0, 0.1) is 0 Å². The highest BCUT2D eigenvalue weighted by Crippen LogP contribution is 2.05. The summed E-state index contributed by atoms with van der Waals surface area (Å²) in [5.41, 5.74) is 0. The van der Waals surface area contributed by atoms with Gasteiger partial charge in [0.1, 0.15) is 13.1 Å². The zero-order valence-corrected chi connectivity index (χ0v) is 7.58. The first-order valence-corrected chi connectivity index (χ1v) is 4.44. The molecule has 3 heteroatoms. The fourth-order valence-corrected chi connectivity index (χ4v) is 1.48. The molecule has 0 aromatic rings. The van der Waals surface area contributed by atoms with E-state index in [2.05, 4.69) is 11.8 Å². The van der Waals surface area contributed by atoms with Crippen molar-refractivity contribution in [3.05, 3.63) is 0 Å². The molecule has 0 atom stereocenters. The third kappa shape index (κ3) is 2.77. The zero-order chi connectivity index (χ0) is 8.32. The Morgan fingerprint density at radius 3 is 2.36 bits per heavy atom. The van der Waals surface area contributed by atoms with E-state index >= 15 is 0 Å². The first-order valence-electron chi connectivity index (χ1n) is 4.44. The van der Waals surface area contributed by atoms with Gasteiger partial charge in [-0.05, 0) is 13.0 Å². The SMILES string of the molecule is CCCN1CC[N+](C)(O)CC1. The van der Waals surface area contributed by atoms with Gasteiger partial charge in [-0.2, -0.15) is 4.65 Å². The van der Waals surface area contributed by atoms with Crippen LogP contribution >= 0.6 is 0 Å². The molecule has 1 rings (SSSR count). The molecular formula is C8H19N2O+. The van der Waals surface area contributed by atoms with E-state index in [4.69, 9.17) is 0 Å². The minimum absolute atomic E-state index is 0.209. The van der Waals surface area contributed by atoms with Crippen LogP contribution in [0.25, 0.3) is 0 Å². The molecule has 0 unspecified atom stereocenters. The Bertz CT molecular complexity index is 115. The number of hydroxylamine groups is 3. The number of likely N-dealkylation sites (N-methyl/N-ethyl adjacent to an activating group) is 1. The molecule has 0 radical (unpaired) electrons. The Morgan fingerprint density at radius 1 is 1.36 bits per heavy atom. The third-order valence-electron chi connectivity index (χ3n) is 2.34. The molecule has 0 spiro atoms. The van der Waals surface area contributed by atoms with Crippen molar-refractivity contribution in [2.75, 3.05) is 39.8 Å². The van der Waals surface area contributed by atoms with Crippen molar-refractivity contribution in [2.45, 2.75) is 13.3 Å². The molecule has 0 aliphatic carbocycles. The second kappa shape index (κ2) is 3.52. The maximum absolute atomic E-state index is 9.57. The molecule has 66 valence electrons. The van der Waals surface area contributed by atoms with Gasteiger partial charge in [0.2, 0.25) is 0 Å². The predicted molar refractivity (Wildman–Crippen MR) is 44.4 cm³/mol. The van der Waals surface area contributed by atoms with Gasteiger partial charge < -0.3 is 0 Å². The highest BCUT2D eigenvalue weighted by molar-refractivity contribution is 4.59. The van der Waals surface area contributed by atoms with E-state index in [0.29, 0.717) is 0 Å². The first-order chi connectivity index (χ1) is 5.14. The van der Waals surface area contributed by atoms with Gasteiger partial charge in [0.05, 0.1) is 20.1 Å². The van der Waals surface area contributed by atoms with Gasteiger partial charge in [-0.3, -0.25) is 4.90 Å². The van der Waals surface area contributed by atoms with Gasteiger partial charge in [0.15, 0.2) is 0 Å². The molecule has 1 aliphatic heterocycles. The minimum Gasteiger partial charge on any atom is -0.292 e. The van der Waals surface area contributed by atoms with E-state index in [0.717, 1.165) is 26.2 Å². The molecule has 1 fully saturated rings. The van der Waals surface area contributed by atoms with E-state index in [1.165, 1.54) is 13.0 Å². The highest BCUT2D eigenvalue weighted by atomic mass is 16.5. The molecule has 11 heavy (non-hydrogen) atoms. The predicted octanol–water partition coefficient (Wildman–Crippen LogP) is 0.548. The van der Waals surface area contributed by atoms with Crippen LogP contribution in [0.4, 0.5) is 0 Å². The van der Waals surface area contributed by atoms with Crippen LogP contribution in [0.1, 0.15) is 13.3 Å². The summed E-state index contributed by atoms with van der Waals surface area (Å²) in [6.45, 7) is 7.21. The van der Waals surface area contributed by atoms with Crippen LogP contribution in [-0.4, -0.2) is 54.5 Å². The second-order valence-corrected chi connectivity index (χ2v) is 3.63. The molecule has 1 saturated heterocycles. The van der Waals surface area contributed by atoms with E-state index in [-0.39, 0.29) is 4.65 Å². The fourth-order valence-electron chi connectivity index (χ4n) is 1.48. The molecule has 0 aromatic heterocycles. The Kier molecular flexibility index (Phi) is 2.87. The second-order valence-electron chi connectivity index (χ2n) is 3.63. The third-order valence-corrected chi connectivity index (χ3v) is 2.34. The number of quaternary nitrogens is 1. The Morgan fingerprint density at radius 2 is 1.91 bits per heavy atom. The van der Waals surface area contributed by atoms with Gasteiger partial charge in [-0.15, -0.1) is 0 Å². The number of nitrogens with zero attached hydrogens (tertiary/aromatic N) is 2. The molecule has 0 amide bonds. The molecule has 0 saturated carbocycles. The van der Waals surface area contributed by atoms with Crippen molar-refractivity contribution in [2.24, 2.45) is 0 Å². The number of rotatable bonds is 2. The molecular weight excluding hydrogens is 140 g/mol. The van der Waals surface area contributed by atoms with Crippen molar-refractivity contribution < 1.29 is 9.85 Å². The topological polar surface area (TPSA) is 23.5 Å². The van der Waals surface area contributed by atoms with Crippen molar-refractivity contribution in [1.29, 1.82) is 0 Å². The van der Waals surface area contributed by atoms with E-state index < -0.39 is 0 Å². The first kappa shape index (κ1) is 8.97. The lowest BCUT2D eigenvalue weighted by molar-refractivity contribution is -1.09. The molecule has 1 aliphatic rings. The number of hydrogen-bond donors (Lipinski definition) is 1. The van der Waals surface area contributed by atoms with Gasteiger partial charge in [0, 0.05) is 0 Å². The Labute approximate surface area is 68.8 Å². The van der Waals surface area contributed by atoms with Crippen molar-refractivity contribution in [3.8, 4) is 0 Å². The zero-order valence-electron chi connectivity index (χ0n) is 7.58. The van der Waals surface area contributed by atoms with Gasteiger partial charge in [-0.1, -0.05) is 6.92 Å². The number of hydrogen-bond acceptors (Lipinski definition) is 2. The van der Waals surface area contributed by atoms with Crippen LogP contribution < -0.4 is 0 Å². The smallest absolute Gasteiger partial charge is 0.121 e. The lowest BCUT2D eigenvalue weighted by Gasteiger charge is -2.35. The van der Waals surface area contributed by atoms with Crippen LogP contribution in [0.3, 0.4) is 0 Å². The Hall–Kier alpha value is -0.120. The fraction of sp³-hybridized carbons (Fsp3) is 1.00. The molecule has 0 aromatic carbocycles. The summed E-state index contributed by atoms with van der Waals surface area (Å²) in [5.74, 6) is 0. The van der Waals surface area contributed by atoms with Gasteiger partial charge >= 0.3 is 0 Å². The number of piperazine rings is 1. The van der Waals surface area contributed by atoms with E-state index in [1.54, 1.807) is 0 Å². The summed E-state index contributed by atoms with van der Waals surface area (Å²) < 4.78 is 0.209. The van der Waals surface area contributed by atoms with E-state index in [9.17, 15) is 5.21 Å². The average molecular weight is 159 g/mol. The van der Waals surface area contributed by atoms with Crippen LogP contribution in [0.15, 0.2) is 0 Å². The normalized spacial score (nSPS) is 25.4.